The average molecular weight is 294 g/mol. The molecule has 0 amide bonds. The van der Waals surface area contributed by atoms with Crippen molar-refractivity contribution in [3.8, 4) is 0 Å². The molecule has 2 nitrogen and oxygen atoms in total. The van der Waals surface area contributed by atoms with Crippen LogP contribution in [0, 0.1) is 13.8 Å². The first-order chi connectivity index (χ1) is 8.82. The molecule has 0 spiro atoms. The van der Waals surface area contributed by atoms with Crippen LogP contribution in [0.1, 0.15) is 52.1 Å². The van der Waals surface area contributed by atoms with Crippen molar-refractivity contribution in [2.24, 2.45) is 0 Å². The lowest BCUT2D eigenvalue weighted by atomic mass is 9.95. The van der Waals surface area contributed by atoms with Gasteiger partial charge in [0.2, 0.25) is 0 Å². The number of rotatable bonds is 3. The van der Waals surface area contributed by atoms with Gasteiger partial charge in [0.1, 0.15) is 5.01 Å². The topological polar surface area (TPSA) is 24.9 Å². The molecule has 19 heavy (non-hydrogen) atoms. The third-order valence-corrected chi connectivity index (χ3v) is 5.94. The summed E-state index contributed by atoms with van der Waals surface area (Å²) in [4.78, 5) is 8.77. The van der Waals surface area contributed by atoms with Gasteiger partial charge in [-0.3, -0.25) is 0 Å². The molecule has 2 aromatic rings. The van der Waals surface area contributed by atoms with E-state index in [2.05, 4.69) is 52.1 Å². The Bertz CT molecular complexity index is 541. The van der Waals surface area contributed by atoms with E-state index in [4.69, 9.17) is 4.98 Å². The predicted octanol–water partition coefficient (Wildman–Crippen LogP) is 4.43. The molecule has 0 aromatic carbocycles. The fraction of sp³-hybridized carbons (Fsp3) is 0.533. The zero-order valence-corrected chi connectivity index (χ0v) is 14.1. The molecule has 1 atom stereocenters. The molecule has 0 saturated carbocycles. The molecule has 104 valence electrons. The molecule has 0 saturated heterocycles. The number of nitrogens with zero attached hydrogens (tertiary/aromatic N) is 1. The maximum Gasteiger partial charge on any atom is 0.115 e. The second-order valence-corrected chi connectivity index (χ2v) is 8.22. The van der Waals surface area contributed by atoms with Gasteiger partial charge in [-0.1, -0.05) is 20.8 Å². The van der Waals surface area contributed by atoms with E-state index < -0.39 is 0 Å². The molecule has 2 heterocycles. The first-order valence-electron chi connectivity index (χ1n) is 6.54. The monoisotopic (exact) mass is 294 g/mol. The Hall–Kier alpha value is -0.710. The summed E-state index contributed by atoms with van der Waals surface area (Å²) < 4.78 is 0. The van der Waals surface area contributed by atoms with Gasteiger partial charge in [-0.2, -0.15) is 0 Å². The van der Waals surface area contributed by atoms with Gasteiger partial charge in [0.15, 0.2) is 0 Å². The lowest BCUT2D eigenvalue weighted by molar-refractivity contribution is 0.604. The standard InChI is InChI=1S/C15H22N2S2/c1-9-10(2)18-14(17-9)13(16-6)11-7-8-12(19-11)15(3,4)5/h7-8,13,16H,1-6H3. The van der Waals surface area contributed by atoms with Crippen LogP contribution in [0.5, 0.6) is 0 Å². The summed E-state index contributed by atoms with van der Waals surface area (Å²) in [5, 5.41) is 4.56. The molecule has 0 aliphatic heterocycles. The van der Waals surface area contributed by atoms with Crippen LogP contribution in [0.2, 0.25) is 0 Å². The van der Waals surface area contributed by atoms with Gasteiger partial charge >= 0.3 is 0 Å². The second kappa shape index (κ2) is 5.35. The van der Waals surface area contributed by atoms with Crippen LogP contribution in [0.15, 0.2) is 12.1 Å². The molecule has 0 bridgehead atoms. The molecular weight excluding hydrogens is 272 g/mol. The van der Waals surface area contributed by atoms with E-state index in [1.807, 2.05) is 18.4 Å². The number of aromatic nitrogens is 1. The van der Waals surface area contributed by atoms with Crippen LogP contribution in [0.3, 0.4) is 0 Å². The van der Waals surface area contributed by atoms with Crippen molar-refractivity contribution >= 4 is 22.7 Å². The zero-order chi connectivity index (χ0) is 14.2. The van der Waals surface area contributed by atoms with Crippen LogP contribution in [0.25, 0.3) is 0 Å². The molecule has 1 unspecified atom stereocenters. The van der Waals surface area contributed by atoms with Crippen LogP contribution >= 0.6 is 22.7 Å². The third kappa shape index (κ3) is 3.07. The Kier molecular flexibility index (Phi) is 4.14. The van der Waals surface area contributed by atoms with E-state index >= 15 is 0 Å². The van der Waals surface area contributed by atoms with Crippen molar-refractivity contribution in [1.29, 1.82) is 0 Å². The van der Waals surface area contributed by atoms with E-state index in [0.29, 0.717) is 0 Å². The number of thiazole rings is 1. The lowest BCUT2D eigenvalue weighted by Crippen LogP contribution is -2.16. The summed E-state index contributed by atoms with van der Waals surface area (Å²) in [6.07, 6.45) is 0. The van der Waals surface area contributed by atoms with Crippen molar-refractivity contribution in [2.75, 3.05) is 7.05 Å². The molecule has 1 N–H and O–H groups in total. The average Bonchev–Trinajstić information content (AvgIpc) is 2.88. The minimum absolute atomic E-state index is 0.218. The third-order valence-electron chi connectivity index (χ3n) is 3.23. The highest BCUT2D eigenvalue weighted by atomic mass is 32.1. The molecule has 0 aliphatic carbocycles. The van der Waals surface area contributed by atoms with Crippen molar-refractivity contribution in [3.05, 3.63) is 37.5 Å². The quantitative estimate of drug-likeness (QED) is 0.906. The van der Waals surface area contributed by atoms with Gasteiger partial charge < -0.3 is 5.32 Å². The smallest absolute Gasteiger partial charge is 0.115 e. The Morgan fingerprint density at radius 2 is 1.84 bits per heavy atom. The van der Waals surface area contributed by atoms with Gasteiger partial charge in [0.05, 0.1) is 11.7 Å². The minimum atomic E-state index is 0.218. The van der Waals surface area contributed by atoms with E-state index in [9.17, 15) is 0 Å². The van der Waals surface area contributed by atoms with Gasteiger partial charge in [0, 0.05) is 14.6 Å². The molecular formula is C15H22N2S2. The first kappa shape index (κ1) is 14.7. The Morgan fingerprint density at radius 1 is 1.16 bits per heavy atom. The van der Waals surface area contributed by atoms with Gasteiger partial charge in [-0.25, -0.2) is 4.98 Å². The molecule has 0 radical (unpaired) electrons. The van der Waals surface area contributed by atoms with E-state index in [1.165, 1.54) is 19.6 Å². The lowest BCUT2D eigenvalue weighted by Gasteiger charge is -2.16. The normalized spacial score (nSPS) is 13.8. The molecule has 0 aliphatic rings. The number of thiophene rings is 1. The second-order valence-electron chi connectivity index (χ2n) is 5.87. The highest BCUT2D eigenvalue weighted by Gasteiger charge is 2.22. The minimum Gasteiger partial charge on any atom is -0.307 e. The van der Waals surface area contributed by atoms with Crippen molar-refractivity contribution in [2.45, 2.75) is 46.1 Å². The number of nitrogens with one attached hydrogen (secondary N) is 1. The van der Waals surface area contributed by atoms with Crippen molar-refractivity contribution in [3.63, 3.8) is 0 Å². The van der Waals surface area contributed by atoms with Crippen LogP contribution < -0.4 is 5.32 Å². The first-order valence-corrected chi connectivity index (χ1v) is 8.17. The Labute approximate surface area is 123 Å². The number of aryl methyl sites for hydroxylation is 2. The molecule has 4 heteroatoms. The van der Waals surface area contributed by atoms with E-state index in [0.717, 1.165) is 5.69 Å². The summed E-state index contributed by atoms with van der Waals surface area (Å²) in [6.45, 7) is 11.0. The maximum absolute atomic E-state index is 4.69. The Balaban J connectivity index is 2.35. The SMILES string of the molecule is CNC(c1ccc(C(C)(C)C)s1)c1nc(C)c(C)s1. The summed E-state index contributed by atoms with van der Waals surface area (Å²) in [7, 11) is 2.01. The van der Waals surface area contributed by atoms with E-state index in [-0.39, 0.29) is 11.5 Å². The van der Waals surface area contributed by atoms with Crippen molar-refractivity contribution < 1.29 is 0 Å². The van der Waals surface area contributed by atoms with Gasteiger partial charge in [0.25, 0.3) is 0 Å². The highest BCUT2D eigenvalue weighted by molar-refractivity contribution is 7.13. The largest absolute Gasteiger partial charge is 0.307 e. The summed E-state index contributed by atoms with van der Waals surface area (Å²) in [5.74, 6) is 0. The van der Waals surface area contributed by atoms with Crippen molar-refractivity contribution in [1.82, 2.24) is 10.3 Å². The summed E-state index contributed by atoms with van der Waals surface area (Å²) in [6, 6.07) is 4.70. The van der Waals surface area contributed by atoms with Crippen LogP contribution in [-0.2, 0) is 5.41 Å². The molecule has 2 aromatic heterocycles. The summed E-state index contributed by atoms with van der Waals surface area (Å²) in [5.41, 5.74) is 1.36. The van der Waals surface area contributed by atoms with Gasteiger partial charge in [-0.05, 0) is 38.4 Å². The number of hydrogen-bond acceptors (Lipinski definition) is 4. The highest BCUT2D eigenvalue weighted by Crippen LogP contribution is 2.36. The Morgan fingerprint density at radius 3 is 2.26 bits per heavy atom. The van der Waals surface area contributed by atoms with E-state index in [1.54, 1.807) is 11.3 Å². The van der Waals surface area contributed by atoms with Gasteiger partial charge in [-0.15, -0.1) is 22.7 Å². The molecule has 0 fully saturated rings. The maximum atomic E-state index is 4.69. The summed E-state index contributed by atoms with van der Waals surface area (Å²) >= 11 is 3.68. The number of hydrogen-bond donors (Lipinski definition) is 1. The van der Waals surface area contributed by atoms with Crippen LogP contribution in [-0.4, -0.2) is 12.0 Å². The fourth-order valence-electron chi connectivity index (χ4n) is 1.92. The fourth-order valence-corrected chi connectivity index (χ4v) is 4.23. The zero-order valence-electron chi connectivity index (χ0n) is 12.5. The van der Waals surface area contributed by atoms with Crippen LogP contribution in [0.4, 0.5) is 0 Å². The molecule has 2 rings (SSSR count). The predicted molar refractivity (Wildman–Crippen MR) is 85.5 cm³/mol.